The maximum Gasteiger partial charge on any atom is 0.429 e. The minimum atomic E-state index is -6.01. The van der Waals surface area contributed by atoms with Crippen molar-refractivity contribution in [2.45, 2.75) is 82.7 Å². The highest BCUT2D eigenvalue weighted by Gasteiger charge is 2.78. The van der Waals surface area contributed by atoms with Crippen molar-refractivity contribution < 1.29 is 45.7 Å². The van der Waals surface area contributed by atoms with E-state index in [0.29, 0.717) is 13.8 Å². The normalized spacial score (nSPS) is 24.6. The molecule has 0 aromatic carbocycles. The summed E-state index contributed by atoms with van der Waals surface area (Å²) in [7, 11) is 0. The highest BCUT2D eigenvalue weighted by Crippen LogP contribution is 2.55. The molecule has 1 aliphatic rings. The van der Waals surface area contributed by atoms with Gasteiger partial charge < -0.3 is 14.6 Å². The Labute approximate surface area is 153 Å². The molecule has 0 unspecified atom stereocenters. The third-order valence-electron chi connectivity index (χ3n) is 4.97. The van der Waals surface area contributed by atoms with Gasteiger partial charge >= 0.3 is 18.3 Å². The van der Waals surface area contributed by atoms with Gasteiger partial charge in [-0.2, -0.15) is 26.3 Å². The fraction of sp³-hybridized carbons (Fsp3) is 0.824. The second-order valence-corrected chi connectivity index (χ2v) is 7.75. The van der Waals surface area contributed by atoms with Crippen LogP contribution in [0.25, 0.3) is 0 Å². The zero-order valence-corrected chi connectivity index (χ0v) is 15.7. The van der Waals surface area contributed by atoms with Gasteiger partial charge in [-0.3, -0.25) is 0 Å². The van der Waals surface area contributed by atoms with Crippen molar-refractivity contribution in [1.82, 2.24) is 0 Å². The molecule has 0 spiro atoms. The predicted molar refractivity (Wildman–Crippen MR) is 83.7 cm³/mol. The Kier molecular flexibility index (Phi) is 6.11. The number of alkyl halides is 6. The summed E-state index contributed by atoms with van der Waals surface area (Å²) >= 11 is 0. The number of aliphatic hydroxyl groups is 1. The van der Waals surface area contributed by atoms with E-state index in [4.69, 9.17) is 9.47 Å². The molecular weight excluding hydrogens is 382 g/mol. The van der Waals surface area contributed by atoms with Crippen LogP contribution in [0.1, 0.15) is 47.5 Å². The van der Waals surface area contributed by atoms with E-state index in [1.807, 2.05) is 0 Å². The van der Waals surface area contributed by atoms with Gasteiger partial charge in [0.05, 0.1) is 5.60 Å². The first-order chi connectivity index (χ1) is 11.8. The summed E-state index contributed by atoms with van der Waals surface area (Å²) in [5.41, 5.74) is -9.43. The quantitative estimate of drug-likeness (QED) is 0.406. The van der Waals surface area contributed by atoms with E-state index in [1.165, 1.54) is 6.92 Å². The fourth-order valence-electron chi connectivity index (χ4n) is 3.14. The van der Waals surface area contributed by atoms with Crippen molar-refractivity contribution in [2.24, 2.45) is 5.92 Å². The fourth-order valence-corrected chi connectivity index (χ4v) is 3.14. The molecule has 27 heavy (non-hydrogen) atoms. The molecule has 0 bridgehead atoms. The van der Waals surface area contributed by atoms with Crippen molar-refractivity contribution in [1.29, 1.82) is 0 Å². The lowest BCUT2D eigenvalue weighted by Gasteiger charge is -2.55. The van der Waals surface area contributed by atoms with Crippen molar-refractivity contribution in [3.63, 3.8) is 0 Å². The minimum absolute atomic E-state index is 0.0983. The standard InChI is InChI=1S/C17H24F6O4/c1-9(2)12(24)26-11-7-14(8-11,10(3)4)27-13(5,6)15(25,16(18,19)20)17(21,22)23/h10-11,25H,1,7-8H2,2-6H3. The maximum atomic E-state index is 13.2. The van der Waals surface area contributed by atoms with Crippen LogP contribution in [-0.2, 0) is 14.3 Å². The van der Waals surface area contributed by atoms with Gasteiger partial charge in [0, 0.05) is 18.4 Å². The summed E-state index contributed by atoms with van der Waals surface area (Å²) in [4.78, 5) is 11.5. The highest BCUT2D eigenvalue weighted by atomic mass is 19.4. The average Bonchev–Trinajstić information content (AvgIpc) is 2.40. The van der Waals surface area contributed by atoms with Crippen LogP contribution in [0.3, 0.4) is 0 Å². The van der Waals surface area contributed by atoms with Gasteiger partial charge in [-0.1, -0.05) is 20.4 Å². The van der Waals surface area contributed by atoms with Crippen molar-refractivity contribution >= 4 is 5.97 Å². The first-order valence-electron chi connectivity index (χ1n) is 8.23. The second-order valence-electron chi connectivity index (χ2n) is 7.75. The Morgan fingerprint density at radius 3 is 1.81 bits per heavy atom. The summed E-state index contributed by atoms with van der Waals surface area (Å²) in [6, 6.07) is 0. The van der Waals surface area contributed by atoms with Crippen molar-refractivity contribution in [3.8, 4) is 0 Å². The van der Waals surface area contributed by atoms with E-state index in [-0.39, 0.29) is 18.4 Å². The molecule has 1 fully saturated rings. The van der Waals surface area contributed by atoms with E-state index >= 15 is 0 Å². The lowest BCUT2D eigenvalue weighted by Crippen LogP contribution is -2.72. The first kappa shape index (κ1) is 23.7. The maximum absolute atomic E-state index is 13.2. The molecule has 4 nitrogen and oxygen atoms in total. The van der Waals surface area contributed by atoms with E-state index in [9.17, 15) is 36.2 Å². The molecule has 0 heterocycles. The van der Waals surface area contributed by atoms with E-state index in [1.54, 1.807) is 13.8 Å². The summed E-state index contributed by atoms with van der Waals surface area (Å²) < 4.78 is 89.6. The summed E-state index contributed by atoms with van der Waals surface area (Å²) in [5, 5.41) is 9.69. The molecule has 10 heteroatoms. The molecule has 1 rings (SSSR count). The van der Waals surface area contributed by atoms with Crippen LogP contribution in [0.15, 0.2) is 12.2 Å². The van der Waals surface area contributed by atoms with Crippen LogP contribution < -0.4 is 0 Å². The summed E-state index contributed by atoms with van der Waals surface area (Å²) in [5.74, 6) is -1.21. The lowest BCUT2D eigenvalue weighted by molar-refractivity contribution is -0.427. The Morgan fingerprint density at radius 2 is 1.52 bits per heavy atom. The molecule has 0 aromatic heterocycles. The lowest BCUT2D eigenvalue weighted by atomic mass is 9.69. The summed E-state index contributed by atoms with van der Waals surface area (Å²) in [6.45, 7) is 9.02. The predicted octanol–water partition coefficient (Wildman–Crippen LogP) is 4.31. The number of hydrogen-bond acceptors (Lipinski definition) is 4. The number of hydrogen-bond donors (Lipinski definition) is 1. The van der Waals surface area contributed by atoms with Gasteiger partial charge in [0.25, 0.3) is 5.60 Å². The largest absolute Gasteiger partial charge is 0.459 e. The van der Waals surface area contributed by atoms with E-state index < -0.39 is 47.1 Å². The number of esters is 1. The van der Waals surface area contributed by atoms with Gasteiger partial charge in [0.15, 0.2) is 0 Å². The Balaban J connectivity index is 3.13. The Bertz CT molecular complexity index is 571. The molecule has 0 saturated heterocycles. The molecule has 0 radical (unpaired) electrons. The van der Waals surface area contributed by atoms with Gasteiger partial charge in [-0.15, -0.1) is 0 Å². The Morgan fingerprint density at radius 1 is 1.11 bits per heavy atom. The van der Waals surface area contributed by atoms with Crippen LogP contribution >= 0.6 is 0 Å². The molecule has 1 aliphatic carbocycles. The number of carbonyl (C=O) groups excluding carboxylic acids is 1. The number of ether oxygens (including phenoxy) is 2. The third kappa shape index (κ3) is 4.11. The van der Waals surface area contributed by atoms with Crippen LogP contribution in [0.5, 0.6) is 0 Å². The molecule has 0 atom stereocenters. The SMILES string of the molecule is C=C(C)C(=O)OC1CC(OC(C)(C)C(O)(C(F)(F)F)C(F)(F)F)(C(C)C)C1. The van der Waals surface area contributed by atoms with Gasteiger partial charge in [0.2, 0.25) is 0 Å². The first-order valence-corrected chi connectivity index (χ1v) is 8.23. The molecule has 1 saturated carbocycles. The smallest absolute Gasteiger partial charge is 0.429 e. The topological polar surface area (TPSA) is 55.8 Å². The highest BCUT2D eigenvalue weighted by molar-refractivity contribution is 5.87. The van der Waals surface area contributed by atoms with Crippen LogP contribution in [0, 0.1) is 5.92 Å². The van der Waals surface area contributed by atoms with E-state index in [0.717, 1.165) is 0 Å². The zero-order chi connectivity index (χ0) is 21.6. The van der Waals surface area contributed by atoms with Crippen molar-refractivity contribution in [2.75, 3.05) is 0 Å². The molecule has 0 amide bonds. The molecular formula is C17H24F6O4. The Hall–Kier alpha value is -1.29. The average molecular weight is 406 g/mol. The number of rotatable bonds is 6. The monoisotopic (exact) mass is 406 g/mol. The number of carbonyl (C=O) groups is 1. The van der Waals surface area contributed by atoms with Crippen LogP contribution in [0.2, 0.25) is 0 Å². The molecule has 0 aromatic rings. The van der Waals surface area contributed by atoms with Gasteiger partial charge in [-0.25, -0.2) is 4.79 Å². The molecule has 1 N–H and O–H groups in total. The third-order valence-corrected chi connectivity index (χ3v) is 4.97. The van der Waals surface area contributed by atoms with Crippen LogP contribution in [0.4, 0.5) is 26.3 Å². The van der Waals surface area contributed by atoms with Crippen molar-refractivity contribution in [3.05, 3.63) is 12.2 Å². The second kappa shape index (κ2) is 6.95. The molecule has 158 valence electrons. The van der Waals surface area contributed by atoms with Gasteiger partial charge in [0.1, 0.15) is 11.7 Å². The molecule has 0 aliphatic heterocycles. The minimum Gasteiger partial charge on any atom is -0.459 e. The van der Waals surface area contributed by atoms with Gasteiger partial charge in [-0.05, 0) is 26.7 Å². The zero-order valence-electron chi connectivity index (χ0n) is 15.7. The summed E-state index contributed by atoms with van der Waals surface area (Å²) in [6.07, 6.45) is -12.9. The van der Waals surface area contributed by atoms with E-state index in [2.05, 4.69) is 6.58 Å². The number of halogens is 6. The van der Waals surface area contributed by atoms with Crippen LogP contribution in [-0.4, -0.2) is 46.3 Å².